The fraction of sp³-hybridized carbons (Fsp3) is 0.900. The minimum atomic E-state index is -4.76. The SMILES string of the molecule is CCCC[C@H](CC)COC(=O)C[C@@H](C(=O)OC[C@@H](CC)CCCC)S(=O)(=O)O. The first-order valence-corrected chi connectivity index (χ1v) is 12.0. The van der Waals surface area contributed by atoms with E-state index in [-0.39, 0.29) is 25.0 Å². The summed E-state index contributed by atoms with van der Waals surface area (Å²) in [6.07, 6.45) is 6.74. The molecule has 0 aromatic rings. The third-order valence-electron chi connectivity index (χ3n) is 5.00. The van der Waals surface area contributed by atoms with Crippen molar-refractivity contribution in [2.45, 2.75) is 90.7 Å². The zero-order valence-corrected chi connectivity index (χ0v) is 18.6. The van der Waals surface area contributed by atoms with Crippen LogP contribution in [0.4, 0.5) is 0 Å². The summed E-state index contributed by atoms with van der Waals surface area (Å²) >= 11 is 0. The third kappa shape index (κ3) is 11.6. The average Bonchev–Trinajstić information content (AvgIpc) is 2.65. The quantitative estimate of drug-likeness (QED) is 0.294. The topological polar surface area (TPSA) is 107 Å². The van der Waals surface area contributed by atoms with Crippen LogP contribution in [0.15, 0.2) is 0 Å². The van der Waals surface area contributed by atoms with Gasteiger partial charge in [-0.15, -0.1) is 0 Å². The van der Waals surface area contributed by atoms with Gasteiger partial charge in [0.1, 0.15) is 0 Å². The second-order valence-corrected chi connectivity index (χ2v) is 8.95. The van der Waals surface area contributed by atoms with E-state index < -0.39 is 33.7 Å². The van der Waals surface area contributed by atoms with Gasteiger partial charge in [0.05, 0.1) is 19.6 Å². The maximum atomic E-state index is 12.2. The Labute approximate surface area is 170 Å². The van der Waals surface area contributed by atoms with E-state index in [4.69, 9.17) is 9.47 Å². The molecule has 0 bridgehead atoms. The minimum Gasteiger partial charge on any atom is -0.465 e. The molecule has 0 radical (unpaired) electrons. The number of ether oxygens (including phenoxy) is 2. The van der Waals surface area contributed by atoms with Gasteiger partial charge in [0, 0.05) is 0 Å². The lowest BCUT2D eigenvalue weighted by Crippen LogP contribution is -2.35. The summed E-state index contributed by atoms with van der Waals surface area (Å²) in [6.45, 7) is 8.35. The molecular weight excluding hydrogens is 384 g/mol. The highest BCUT2D eigenvalue weighted by Gasteiger charge is 2.36. The van der Waals surface area contributed by atoms with E-state index in [1.165, 1.54) is 0 Å². The molecule has 0 aliphatic rings. The molecule has 0 fully saturated rings. The first kappa shape index (κ1) is 26.9. The second kappa shape index (κ2) is 14.8. The first-order chi connectivity index (χ1) is 13.2. The van der Waals surface area contributed by atoms with Crippen molar-refractivity contribution < 1.29 is 32.0 Å². The Bertz CT molecular complexity index is 545. The monoisotopic (exact) mass is 422 g/mol. The van der Waals surface area contributed by atoms with E-state index in [9.17, 15) is 22.6 Å². The molecule has 166 valence electrons. The average molecular weight is 423 g/mol. The lowest BCUT2D eigenvalue weighted by molar-refractivity contribution is -0.151. The molecule has 0 amide bonds. The summed E-state index contributed by atoms with van der Waals surface area (Å²) < 4.78 is 42.8. The number of carbonyl (C=O) groups is 2. The van der Waals surface area contributed by atoms with Gasteiger partial charge in [-0.3, -0.25) is 14.1 Å². The third-order valence-corrected chi connectivity index (χ3v) is 6.08. The Balaban J connectivity index is 4.73. The van der Waals surface area contributed by atoms with Gasteiger partial charge in [0.2, 0.25) is 0 Å². The van der Waals surface area contributed by atoms with Crippen LogP contribution in [-0.2, 0) is 29.2 Å². The molecule has 0 aromatic carbocycles. The lowest BCUT2D eigenvalue weighted by Gasteiger charge is -2.18. The van der Waals surface area contributed by atoms with Crippen LogP contribution < -0.4 is 0 Å². The van der Waals surface area contributed by atoms with Gasteiger partial charge in [-0.2, -0.15) is 8.42 Å². The highest BCUT2D eigenvalue weighted by Crippen LogP contribution is 2.17. The summed E-state index contributed by atoms with van der Waals surface area (Å²) in [7, 11) is -4.76. The molecule has 0 rings (SSSR count). The number of unbranched alkanes of at least 4 members (excludes halogenated alkanes) is 2. The van der Waals surface area contributed by atoms with E-state index in [1.807, 2.05) is 13.8 Å². The largest absolute Gasteiger partial charge is 0.465 e. The van der Waals surface area contributed by atoms with Crippen molar-refractivity contribution in [3.8, 4) is 0 Å². The molecule has 1 N–H and O–H groups in total. The fourth-order valence-electron chi connectivity index (χ4n) is 2.82. The van der Waals surface area contributed by atoms with Crippen molar-refractivity contribution in [3.63, 3.8) is 0 Å². The highest BCUT2D eigenvalue weighted by atomic mass is 32.2. The Morgan fingerprint density at radius 2 is 1.32 bits per heavy atom. The zero-order chi connectivity index (χ0) is 21.6. The van der Waals surface area contributed by atoms with Crippen molar-refractivity contribution in [1.82, 2.24) is 0 Å². The van der Waals surface area contributed by atoms with Crippen LogP contribution in [0.5, 0.6) is 0 Å². The molecule has 0 heterocycles. The lowest BCUT2D eigenvalue weighted by atomic mass is 10.0. The van der Waals surface area contributed by atoms with Crippen LogP contribution in [0.3, 0.4) is 0 Å². The van der Waals surface area contributed by atoms with E-state index in [0.29, 0.717) is 0 Å². The van der Waals surface area contributed by atoms with Crippen molar-refractivity contribution in [2.75, 3.05) is 13.2 Å². The van der Waals surface area contributed by atoms with Crippen LogP contribution in [0.2, 0.25) is 0 Å². The number of hydrogen-bond donors (Lipinski definition) is 1. The zero-order valence-electron chi connectivity index (χ0n) is 17.8. The van der Waals surface area contributed by atoms with Gasteiger partial charge in [-0.25, -0.2) is 0 Å². The summed E-state index contributed by atoms with van der Waals surface area (Å²) in [6, 6.07) is 0. The smallest absolute Gasteiger partial charge is 0.327 e. The van der Waals surface area contributed by atoms with Crippen LogP contribution in [-0.4, -0.2) is 43.4 Å². The van der Waals surface area contributed by atoms with Gasteiger partial charge in [0.15, 0.2) is 5.25 Å². The molecule has 0 aliphatic carbocycles. The molecule has 0 aromatic heterocycles. The van der Waals surface area contributed by atoms with Crippen LogP contribution in [0.1, 0.15) is 85.5 Å². The Morgan fingerprint density at radius 3 is 1.71 bits per heavy atom. The van der Waals surface area contributed by atoms with E-state index in [1.54, 1.807) is 0 Å². The number of rotatable bonds is 16. The Hall–Kier alpha value is -1.15. The van der Waals surface area contributed by atoms with Gasteiger partial charge in [-0.05, 0) is 24.7 Å². The number of carbonyl (C=O) groups excluding carboxylic acids is 2. The van der Waals surface area contributed by atoms with Crippen molar-refractivity contribution >= 4 is 22.1 Å². The molecule has 0 aliphatic heterocycles. The second-order valence-electron chi connectivity index (χ2n) is 7.35. The number of esters is 2. The van der Waals surface area contributed by atoms with Gasteiger partial charge >= 0.3 is 11.9 Å². The highest BCUT2D eigenvalue weighted by molar-refractivity contribution is 7.87. The van der Waals surface area contributed by atoms with Crippen LogP contribution in [0.25, 0.3) is 0 Å². The van der Waals surface area contributed by atoms with Crippen molar-refractivity contribution in [2.24, 2.45) is 11.8 Å². The molecule has 0 unspecified atom stereocenters. The standard InChI is InChI=1S/C20H38O7S/c1-5-9-11-16(7-3)14-26-19(21)13-18(28(23,24)25)20(22)27-15-17(8-4)12-10-6-2/h16-18H,5-15H2,1-4H3,(H,23,24,25)/t16-,17-,18-/m0/s1. The summed E-state index contributed by atoms with van der Waals surface area (Å²) in [5.74, 6) is -1.61. The summed E-state index contributed by atoms with van der Waals surface area (Å²) in [5.41, 5.74) is 0. The maximum Gasteiger partial charge on any atom is 0.327 e. The molecular formula is C20H38O7S. The molecule has 0 spiro atoms. The molecule has 0 saturated carbocycles. The predicted octanol–water partition coefficient (Wildman–Crippen LogP) is 4.15. The van der Waals surface area contributed by atoms with Gasteiger partial charge < -0.3 is 9.47 Å². The molecule has 3 atom stereocenters. The summed E-state index contributed by atoms with van der Waals surface area (Å²) in [5, 5.41) is -1.95. The van der Waals surface area contributed by atoms with Crippen LogP contribution in [0, 0.1) is 11.8 Å². The molecule has 7 nitrogen and oxygen atoms in total. The minimum absolute atomic E-state index is 0.0747. The van der Waals surface area contributed by atoms with E-state index >= 15 is 0 Å². The van der Waals surface area contributed by atoms with Crippen LogP contribution >= 0.6 is 0 Å². The van der Waals surface area contributed by atoms with E-state index in [0.717, 1.165) is 51.4 Å². The summed E-state index contributed by atoms with van der Waals surface area (Å²) in [4.78, 5) is 24.2. The molecule has 8 heteroatoms. The predicted molar refractivity (Wildman–Crippen MR) is 108 cm³/mol. The van der Waals surface area contributed by atoms with E-state index in [2.05, 4.69) is 13.8 Å². The number of hydrogen-bond acceptors (Lipinski definition) is 6. The van der Waals surface area contributed by atoms with Crippen molar-refractivity contribution in [1.29, 1.82) is 0 Å². The van der Waals surface area contributed by atoms with Gasteiger partial charge in [0.25, 0.3) is 10.1 Å². The normalized spacial score (nSPS) is 14.9. The van der Waals surface area contributed by atoms with Crippen molar-refractivity contribution in [3.05, 3.63) is 0 Å². The fourth-order valence-corrected chi connectivity index (χ4v) is 3.48. The maximum absolute atomic E-state index is 12.2. The first-order valence-electron chi connectivity index (χ1n) is 10.5. The molecule has 0 saturated heterocycles. The van der Waals surface area contributed by atoms with Gasteiger partial charge in [-0.1, -0.05) is 66.2 Å². The Kier molecular flexibility index (Phi) is 14.2. The Morgan fingerprint density at radius 1 is 0.857 bits per heavy atom. The molecule has 28 heavy (non-hydrogen) atoms.